The van der Waals surface area contributed by atoms with E-state index in [-0.39, 0.29) is 0 Å². The zero-order valence-corrected chi connectivity index (χ0v) is 12.0. The summed E-state index contributed by atoms with van der Waals surface area (Å²) in [5.41, 5.74) is 2.24. The molecule has 0 atom stereocenters. The molecule has 1 aliphatic carbocycles. The SMILES string of the molecule is Cc1nn(C)c(Cl)c1CN(CC1CC1)C(C)C. The highest BCUT2D eigenvalue weighted by molar-refractivity contribution is 6.30. The molecule has 1 aliphatic rings. The van der Waals surface area contributed by atoms with Crippen molar-refractivity contribution in [3.05, 3.63) is 16.4 Å². The summed E-state index contributed by atoms with van der Waals surface area (Å²) in [4.78, 5) is 2.51. The third-order valence-corrected chi connectivity index (χ3v) is 4.02. The van der Waals surface area contributed by atoms with Crippen LogP contribution in [0.25, 0.3) is 0 Å². The van der Waals surface area contributed by atoms with Crippen LogP contribution in [0.1, 0.15) is 37.9 Å². The molecule has 1 saturated carbocycles. The van der Waals surface area contributed by atoms with Crippen LogP contribution in [0.15, 0.2) is 0 Å². The van der Waals surface area contributed by atoms with Crippen LogP contribution in [0.3, 0.4) is 0 Å². The summed E-state index contributed by atoms with van der Waals surface area (Å²) < 4.78 is 1.77. The van der Waals surface area contributed by atoms with E-state index in [1.54, 1.807) is 4.68 Å². The predicted octanol–water partition coefficient (Wildman–Crippen LogP) is 3.00. The summed E-state index contributed by atoms with van der Waals surface area (Å²) in [6.45, 7) is 8.66. The largest absolute Gasteiger partial charge is 0.296 e. The van der Waals surface area contributed by atoms with Crippen molar-refractivity contribution in [1.29, 1.82) is 0 Å². The van der Waals surface area contributed by atoms with Crippen molar-refractivity contribution >= 4 is 11.6 Å². The van der Waals surface area contributed by atoms with Gasteiger partial charge in [0.15, 0.2) is 0 Å². The van der Waals surface area contributed by atoms with Gasteiger partial charge in [-0.25, -0.2) is 0 Å². The normalized spacial score (nSPS) is 16.2. The van der Waals surface area contributed by atoms with Crippen LogP contribution >= 0.6 is 11.6 Å². The monoisotopic (exact) mass is 255 g/mol. The third-order valence-electron chi connectivity index (χ3n) is 3.55. The molecular weight excluding hydrogens is 234 g/mol. The maximum Gasteiger partial charge on any atom is 0.131 e. The fourth-order valence-corrected chi connectivity index (χ4v) is 2.38. The van der Waals surface area contributed by atoms with Crippen LogP contribution in [-0.4, -0.2) is 27.3 Å². The Morgan fingerprint density at radius 2 is 2.12 bits per heavy atom. The smallest absolute Gasteiger partial charge is 0.131 e. The third kappa shape index (κ3) is 3.02. The van der Waals surface area contributed by atoms with Gasteiger partial charge in [-0.05, 0) is 39.5 Å². The average molecular weight is 256 g/mol. The first-order valence-corrected chi connectivity index (χ1v) is 6.79. The zero-order valence-electron chi connectivity index (χ0n) is 11.2. The van der Waals surface area contributed by atoms with Crippen LogP contribution in [0.4, 0.5) is 0 Å². The highest BCUT2D eigenvalue weighted by Crippen LogP contribution is 2.31. The van der Waals surface area contributed by atoms with E-state index < -0.39 is 0 Å². The van der Waals surface area contributed by atoms with Gasteiger partial charge in [0.2, 0.25) is 0 Å². The van der Waals surface area contributed by atoms with Crippen LogP contribution < -0.4 is 0 Å². The van der Waals surface area contributed by atoms with Gasteiger partial charge in [-0.2, -0.15) is 5.10 Å². The molecule has 0 amide bonds. The summed E-state index contributed by atoms with van der Waals surface area (Å²) in [6, 6.07) is 0.561. The Balaban J connectivity index is 2.10. The maximum atomic E-state index is 6.29. The van der Waals surface area contributed by atoms with Crippen LogP contribution in [0, 0.1) is 12.8 Å². The molecule has 4 heteroatoms. The number of aromatic nitrogens is 2. The van der Waals surface area contributed by atoms with E-state index in [0.717, 1.165) is 23.3 Å². The lowest BCUT2D eigenvalue weighted by Gasteiger charge is -2.26. The molecule has 3 nitrogen and oxygen atoms in total. The topological polar surface area (TPSA) is 21.1 Å². The standard InChI is InChI=1S/C13H22ClN3/c1-9(2)17(7-11-5-6-11)8-12-10(3)15-16(4)13(12)14/h9,11H,5-8H2,1-4H3. The summed E-state index contributed by atoms with van der Waals surface area (Å²) in [5.74, 6) is 0.910. The Morgan fingerprint density at radius 1 is 1.47 bits per heavy atom. The van der Waals surface area contributed by atoms with Gasteiger partial charge in [-0.15, -0.1) is 0 Å². The molecule has 0 bridgehead atoms. The molecule has 0 saturated heterocycles. The lowest BCUT2D eigenvalue weighted by atomic mass is 10.2. The second-order valence-electron chi connectivity index (χ2n) is 5.44. The highest BCUT2D eigenvalue weighted by atomic mass is 35.5. The molecule has 1 aromatic rings. The first kappa shape index (κ1) is 12.9. The summed E-state index contributed by atoms with van der Waals surface area (Å²) >= 11 is 6.29. The average Bonchev–Trinajstić information content (AvgIpc) is 3.02. The second-order valence-corrected chi connectivity index (χ2v) is 5.80. The second kappa shape index (κ2) is 4.99. The van der Waals surface area contributed by atoms with E-state index in [4.69, 9.17) is 11.6 Å². The Hall–Kier alpha value is -0.540. The zero-order chi connectivity index (χ0) is 12.6. The van der Waals surface area contributed by atoms with Gasteiger partial charge in [-0.3, -0.25) is 9.58 Å². The molecule has 0 unspecified atom stereocenters. The number of aryl methyl sites for hydroxylation is 2. The van der Waals surface area contributed by atoms with E-state index in [2.05, 4.69) is 23.8 Å². The van der Waals surface area contributed by atoms with Gasteiger partial charge in [0.1, 0.15) is 5.15 Å². The van der Waals surface area contributed by atoms with E-state index in [9.17, 15) is 0 Å². The predicted molar refractivity (Wildman–Crippen MR) is 71.2 cm³/mol. The quantitative estimate of drug-likeness (QED) is 0.807. The molecule has 1 fully saturated rings. The Morgan fingerprint density at radius 3 is 2.53 bits per heavy atom. The molecule has 0 N–H and O–H groups in total. The van der Waals surface area contributed by atoms with E-state index in [1.807, 2.05) is 14.0 Å². The molecule has 1 aromatic heterocycles. The Labute approximate surface area is 109 Å². The minimum absolute atomic E-state index is 0.561. The molecule has 17 heavy (non-hydrogen) atoms. The molecule has 2 rings (SSSR count). The molecule has 96 valence electrons. The minimum atomic E-state index is 0.561. The van der Waals surface area contributed by atoms with Crippen LogP contribution in [-0.2, 0) is 13.6 Å². The molecule has 0 radical (unpaired) electrons. The first-order valence-electron chi connectivity index (χ1n) is 6.41. The number of halogens is 1. The number of hydrogen-bond donors (Lipinski definition) is 0. The van der Waals surface area contributed by atoms with Crippen molar-refractivity contribution in [2.75, 3.05) is 6.54 Å². The first-order chi connectivity index (χ1) is 7.99. The molecule has 0 aromatic carbocycles. The van der Waals surface area contributed by atoms with Gasteiger partial charge < -0.3 is 0 Å². The van der Waals surface area contributed by atoms with Gasteiger partial charge in [-0.1, -0.05) is 11.6 Å². The van der Waals surface area contributed by atoms with E-state index >= 15 is 0 Å². The number of rotatable bonds is 5. The van der Waals surface area contributed by atoms with Gasteiger partial charge in [0, 0.05) is 31.7 Å². The summed E-state index contributed by atoms with van der Waals surface area (Å²) in [5, 5.41) is 5.16. The van der Waals surface area contributed by atoms with Gasteiger partial charge >= 0.3 is 0 Å². The summed E-state index contributed by atoms with van der Waals surface area (Å²) in [7, 11) is 1.90. The van der Waals surface area contributed by atoms with Crippen molar-refractivity contribution < 1.29 is 0 Å². The highest BCUT2D eigenvalue weighted by Gasteiger charge is 2.26. The van der Waals surface area contributed by atoms with Crippen molar-refractivity contribution in [2.24, 2.45) is 13.0 Å². The lowest BCUT2D eigenvalue weighted by molar-refractivity contribution is 0.203. The van der Waals surface area contributed by atoms with Gasteiger partial charge in [0.05, 0.1) is 5.69 Å². The maximum absolute atomic E-state index is 6.29. The van der Waals surface area contributed by atoms with E-state index in [1.165, 1.54) is 24.9 Å². The van der Waals surface area contributed by atoms with Gasteiger partial charge in [0.25, 0.3) is 0 Å². The van der Waals surface area contributed by atoms with Crippen molar-refractivity contribution in [2.45, 2.75) is 46.2 Å². The Bertz CT molecular complexity index is 394. The number of nitrogens with zero attached hydrogens (tertiary/aromatic N) is 3. The molecule has 0 aliphatic heterocycles. The molecular formula is C13H22ClN3. The van der Waals surface area contributed by atoms with Crippen molar-refractivity contribution in [1.82, 2.24) is 14.7 Å². The lowest BCUT2D eigenvalue weighted by Crippen LogP contribution is -2.32. The fourth-order valence-electron chi connectivity index (χ4n) is 2.15. The Kier molecular flexibility index (Phi) is 3.79. The molecule has 0 spiro atoms. The van der Waals surface area contributed by atoms with Crippen LogP contribution in [0.5, 0.6) is 0 Å². The number of hydrogen-bond acceptors (Lipinski definition) is 2. The fraction of sp³-hybridized carbons (Fsp3) is 0.769. The van der Waals surface area contributed by atoms with Crippen LogP contribution in [0.2, 0.25) is 5.15 Å². The van der Waals surface area contributed by atoms with Crippen molar-refractivity contribution in [3.8, 4) is 0 Å². The summed E-state index contributed by atoms with van der Waals surface area (Å²) in [6.07, 6.45) is 2.78. The van der Waals surface area contributed by atoms with Crippen molar-refractivity contribution in [3.63, 3.8) is 0 Å². The molecule has 1 heterocycles. The minimum Gasteiger partial charge on any atom is -0.296 e. The van der Waals surface area contributed by atoms with E-state index in [0.29, 0.717) is 6.04 Å².